The van der Waals surface area contributed by atoms with Crippen LogP contribution in [0.25, 0.3) is 0 Å². The monoisotopic (exact) mass is 216 g/mol. The molecule has 1 aliphatic rings. The van der Waals surface area contributed by atoms with Crippen molar-refractivity contribution in [2.45, 2.75) is 31.8 Å². The van der Waals surface area contributed by atoms with Gasteiger partial charge in [-0.15, -0.1) is 11.6 Å². The second-order valence-corrected chi connectivity index (χ2v) is 4.39. The lowest BCUT2D eigenvalue weighted by Crippen LogP contribution is -2.45. The van der Waals surface area contributed by atoms with Crippen LogP contribution in [0.4, 0.5) is 0 Å². The van der Waals surface area contributed by atoms with E-state index in [1.807, 2.05) is 6.08 Å². The number of piperidine rings is 1. The third-order valence-electron chi connectivity index (χ3n) is 2.99. The highest BCUT2D eigenvalue weighted by Gasteiger charge is 2.21. The van der Waals surface area contributed by atoms with Gasteiger partial charge in [-0.2, -0.15) is 0 Å². The van der Waals surface area contributed by atoms with Crippen LogP contribution in [0, 0.1) is 0 Å². The molecule has 3 heteroatoms. The molecule has 2 nitrogen and oxygen atoms in total. The number of rotatable bonds is 4. The average molecular weight is 217 g/mol. The van der Waals surface area contributed by atoms with Crippen LogP contribution in [0.3, 0.4) is 0 Å². The van der Waals surface area contributed by atoms with E-state index in [0.29, 0.717) is 18.0 Å². The molecule has 0 aliphatic carbocycles. The van der Waals surface area contributed by atoms with E-state index in [1.165, 1.54) is 19.4 Å². The molecular weight excluding hydrogens is 196 g/mol. The first-order valence-corrected chi connectivity index (χ1v) is 5.92. The van der Waals surface area contributed by atoms with Crippen molar-refractivity contribution in [1.29, 1.82) is 0 Å². The van der Waals surface area contributed by atoms with Gasteiger partial charge in [-0.25, -0.2) is 0 Å². The summed E-state index contributed by atoms with van der Waals surface area (Å²) in [7, 11) is 2.20. The Balaban J connectivity index is 2.16. The SMILES string of the molecule is CC1CC(NC/C=C/CCl)CCN1C. The Kier molecular flexibility index (Phi) is 5.53. The van der Waals surface area contributed by atoms with Crippen LogP contribution < -0.4 is 5.32 Å². The van der Waals surface area contributed by atoms with Crippen molar-refractivity contribution in [3.05, 3.63) is 12.2 Å². The standard InChI is InChI=1S/C11H21ClN2/c1-10-9-11(5-8-14(10)2)13-7-4-3-6-12/h3-4,10-11,13H,5-9H2,1-2H3/b4-3+. The maximum atomic E-state index is 5.54. The molecule has 0 amide bonds. The van der Waals surface area contributed by atoms with E-state index in [4.69, 9.17) is 11.6 Å². The van der Waals surface area contributed by atoms with E-state index in [-0.39, 0.29) is 0 Å². The number of allylic oxidation sites excluding steroid dienone is 1. The van der Waals surface area contributed by atoms with Crippen molar-refractivity contribution in [1.82, 2.24) is 10.2 Å². The van der Waals surface area contributed by atoms with Crippen molar-refractivity contribution >= 4 is 11.6 Å². The first-order valence-electron chi connectivity index (χ1n) is 5.38. The molecule has 2 atom stereocenters. The second-order valence-electron chi connectivity index (χ2n) is 4.08. The molecule has 82 valence electrons. The Morgan fingerprint density at radius 3 is 2.93 bits per heavy atom. The summed E-state index contributed by atoms with van der Waals surface area (Å²) in [5.41, 5.74) is 0. The maximum absolute atomic E-state index is 5.54. The summed E-state index contributed by atoms with van der Waals surface area (Å²) in [6, 6.07) is 1.39. The van der Waals surface area contributed by atoms with E-state index in [0.717, 1.165) is 6.54 Å². The highest BCUT2D eigenvalue weighted by Crippen LogP contribution is 2.14. The van der Waals surface area contributed by atoms with Gasteiger partial charge in [-0.1, -0.05) is 12.2 Å². The molecule has 1 heterocycles. The Morgan fingerprint density at radius 1 is 1.50 bits per heavy atom. The van der Waals surface area contributed by atoms with Crippen molar-refractivity contribution in [2.75, 3.05) is 26.0 Å². The summed E-state index contributed by atoms with van der Waals surface area (Å²) in [6.45, 7) is 4.45. The number of alkyl halides is 1. The zero-order valence-electron chi connectivity index (χ0n) is 9.17. The molecular formula is C11H21ClN2. The highest BCUT2D eigenvalue weighted by molar-refractivity contribution is 6.18. The van der Waals surface area contributed by atoms with Gasteiger partial charge in [0.2, 0.25) is 0 Å². The molecule has 1 N–H and O–H groups in total. The van der Waals surface area contributed by atoms with Crippen LogP contribution in [0.5, 0.6) is 0 Å². The largest absolute Gasteiger partial charge is 0.310 e. The minimum atomic E-state index is 0.617. The minimum Gasteiger partial charge on any atom is -0.310 e. The Hall–Kier alpha value is -0.0500. The van der Waals surface area contributed by atoms with E-state index >= 15 is 0 Å². The number of nitrogens with one attached hydrogen (secondary N) is 1. The van der Waals surface area contributed by atoms with Crippen molar-refractivity contribution in [3.8, 4) is 0 Å². The summed E-state index contributed by atoms with van der Waals surface area (Å²) in [5.74, 6) is 0.617. The summed E-state index contributed by atoms with van der Waals surface area (Å²) in [5, 5.41) is 3.54. The molecule has 14 heavy (non-hydrogen) atoms. The fourth-order valence-electron chi connectivity index (χ4n) is 1.86. The number of hydrogen-bond acceptors (Lipinski definition) is 2. The van der Waals surface area contributed by atoms with Gasteiger partial charge in [-0.05, 0) is 33.4 Å². The smallest absolute Gasteiger partial charge is 0.0404 e. The van der Waals surface area contributed by atoms with E-state index < -0.39 is 0 Å². The molecule has 1 rings (SSSR count). The first kappa shape index (κ1) is 12.0. The van der Waals surface area contributed by atoms with Gasteiger partial charge >= 0.3 is 0 Å². The first-order chi connectivity index (χ1) is 6.74. The highest BCUT2D eigenvalue weighted by atomic mass is 35.5. The molecule has 1 saturated heterocycles. The third-order valence-corrected chi connectivity index (χ3v) is 3.17. The number of hydrogen-bond donors (Lipinski definition) is 1. The molecule has 0 spiro atoms. The maximum Gasteiger partial charge on any atom is 0.0404 e. The topological polar surface area (TPSA) is 15.3 Å². The fourth-order valence-corrected chi connectivity index (χ4v) is 1.98. The lowest BCUT2D eigenvalue weighted by molar-refractivity contribution is 0.170. The lowest BCUT2D eigenvalue weighted by Gasteiger charge is -2.35. The molecule has 0 saturated carbocycles. The summed E-state index contributed by atoms with van der Waals surface area (Å²) < 4.78 is 0. The van der Waals surface area contributed by atoms with E-state index in [1.54, 1.807) is 0 Å². The summed E-state index contributed by atoms with van der Waals surface area (Å²) in [4.78, 5) is 2.42. The fraction of sp³-hybridized carbons (Fsp3) is 0.818. The second kappa shape index (κ2) is 6.44. The van der Waals surface area contributed by atoms with Crippen LogP contribution in [-0.4, -0.2) is 43.0 Å². The molecule has 0 aromatic rings. The molecule has 0 aromatic carbocycles. The zero-order valence-corrected chi connectivity index (χ0v) is 9.93. The lowest BCUT2D eigenvalue weighted by atomic mass is 9.99. The van der Waals surface area contributed by atoms with Crippen LogP contribution in [0.2, 0.25) is 0 Å². The number of halogens is 1. The quantitative estimate of drug-likeness (QED) is 0.570. The van der Waals surface area contributed by atoms with Gasteiger partial charge in [0.1, 0.15) is 0 Å². The van der Waals surface area contributed by atoms with Crippen molar-refractivity contribution in [3.63, 3.8) is 0 Å². The Morgan fingerprint density at radius 2 is 2.29 bits per heavy atom. The van der Waals surface area contributed by atoms with Gasteiger partial charge in [0.25, 0.3) is 0 Å². The van der Waals surface area contributed by atoms with Gasteiger partial charge in [0.15, 0.2) is 0 Å². The van der Waals surface area contributed by atoms with Crippen LogP contribution in [0.15, 0.2) is 12.2 Å². The van der Waals surface area contributed by atoms with Crippen molar-refractivity contribution in [2.24, 2.45) is 0 Å². The average Bonchev–Trinajstić information content (AvgIpc) is 2.18. The van der Waals surface area contributed by atoms with E-state index in [2.05, 4.69) is 30.3 Å². The van der Waals surface area contributed by atoms with Crippen LogP contribution in [-0.2, 0) is 0 Å². The Labute approximate surface area is 92.3 Å². The van der Waals surface area contributed by atoms with Gasteiger partial charge in [-0.3, -0.25) is 0 Å². The third kappa shape index (κ3) is 3.99. The van der Waals surface area contributed by atoms with Gasteiger partial charge in [0, 0.05) is 24.5 Å². The van der Waals surface area contributed by atoms with Crippen molar-refractivity contribution < 1.29 is 0 Å². The molecule has 2 unspecified atom stereocenters. The van der Waals surface area contributed by atoms with Gasteiger partial charge < -0.3 is 10.2 Å². The van der Waals surface area contributed by atoms with Crippen LogP contribution in [0.1, 0.15) is 19.8 Å². The molecule has 0 radical (unpaired) electrons. The summed E-state index contributed by atoms with van der Waals surface area (Å²) >= 11 is 5.54. The molecule has 1 fully saturated rings. The van der Waals surface area contributed by atoms with Gasteiger partial charge in [0.05, 0.1) is 0 Å². The van der Waals surface area contributed by atoms with E-state index in [9.17, 15) is 0 Å². The molecule has 1 aliphatic heterocycles. The minimum absolute atomic E-state index is 0.617. The summed E-state index contributed by atoms with van der Waals surface area (Å²) in [6.07, 6.45) is 6.61. The zero-order chi connectivity index (χ0) is 10.4. The number of likely N-dealkylation sites (tertiary alicyclic amines) is 1. The molecule has 0 bridgehead atoms. The predicted molar refractivity (Wildman–Crippen MR) is 63.0 cm³/mol. The normalized spacial score (nSPS) is 29.9. The molecule has 0 aromatic heterocycles. The number of nitrogens with zero attached hydrogens (tertiary/aromatic N) is 1. The van der Waals surface area contributed by atoms with Crippen LogP contribution >= 0.6 is 11.6 Å². The Bertz CT molecular complexity index is 182. The predicted octanol–water partition coefficient (Wildman–Crippen LogP) is 1.85.